The number of thioether (sulfide) groups is 1. The summed E-state index contributed by atoms with van der Waals surface area (Å²) < 4.78 is 0.239. The van der Waals surface area contributed by atoms with Crippen LogP contribution in [0.15, 0.2) is 23.1 Å². The Hall–Kier alpha value is -2.26. The first-order valence-corrected chi connectivity index (χ1v) is 12.0. The van der Waals surface area contributed by atoms with Crippen molar-refractivity contribution in [2.45, 2.75) is 59.8 Å². The largest absolute Gasteiger partial charge is 0.480 e. The molecule has 1 atom stereocenters. The summed E-state index contributed by atoms with van der Waals surface area (Å²) in [5, 5.41) is 31.3. The van der Waals surface area contributed by atoms with Crippen molar-refractivity contribution in [3.05, 3.63) is 50.9 Å². The van der Waals surface area contributed by atoms with Gasteiger partial charge in [0.05, 0.1) is 18.1 Å². The van der Waals surface area contributed by atoms with E-state index < -0.39 is 17.9 Å². The predicted molar refractivity (Wildman–Crippen MR) is 136 cm³/mol. The van der Waals surface area contributed by atoms with Crippen molar-refractivity contribution in [3.8, 4) is 0 Å². The minimum atomic E-state index is -1.08. The maximum Gasteiger partial charge on any atom is 0.327 e. The van der Waals surface area contributed by atoms with E-state index in [0.717, 1.165) is 44.8 Å². The molecule has 2 aromatic rings. The van der Waals surface area contributed by atoms with Crippen LogP contribution in [0.25, 0.3) is 16.8 Å². The number of carboxylic acid groups (broad SMARTS) is 1. The Bertz CT molecular complexity index is 1170. The number of aliphatic carboxylic acids is 1. The van der Waals surface area contributed by atoms with Gasteiger partial charge in [0.25, 0.3) is 5.91 Å². The number of carbonyl (C=O) groups excluding carboxylic acids is 1. The number of hydrogen-bond donors (Lipinski definition) is 3. The van der Waals surface area contributed by atoms with E-state index in [4.69, 9.17) is 12.2 Å². The Morgan fingerprint density at radius 2 is 1.82 bits per heavy atom. The van der Waals surface area contributed by atoms with E-state index in [-0.39, 0.29) is 29.4 Å². The number of nitrogens with zero attached hydrogens (tertiary/aromatic N) is 1. The third kappa shape index (κ3) is 4.71. The second-order valence-electron chi connectivity index (χ2n) is 8.91. The van der Waals surface area contributed by atoms with E-state index in [1.165, 1.54) is 4.90 Å². The lowest BCUT2D eigenvalue weighted by atomic mass is 9.86. The fourth-order valence-corrected chi connectivity index (χ4v) is 5.72. The van der Waals surface area contributed by atoms with Crippen LogP contribution in [0.3, 0.4) is 0 Å². The predicted octanol–water partition coefficient (Wildman–Crippen LogP) is 4.57. The zero-order valence-corrected chi connectivity index (χ0v) is 21.0. The van der Waals surface area contributed by atoms with Gasteiger partial charge in [-0.15, -0.1) is 0 Å². The van der Waals surface area contributed by atoms with Crippen molar-refractivity contribution >= 4 is 57.0 Å². The lowest BCUT2D eigenvalue weighted by Gasteiger charge is -2.26. The van der Waals surface area contributed by atoms with Gasteiger partial charge < -0.3 is 15.3 Å². The van der Waals surface area contributed by atoms with E-state index >= 15 is 0 Å². The molecular formula is C25H29NO5S2. The first-order chi connectivity index (χ1) is 15.5. The smallest absolute Gasteiger partial charge is 0.327 e. The standard InChI is InChI=1S/C25H29NO5S2/c1-12(2)21-18-6-14(5)15(7-16(18)8-17(10-27)19(21)11-28)9-20-23(29)26(25(32)33-20)22(13(3)4)24(30)31/h6-9,12-13,22,27-28H,10-11H2,1-5H3,(H,30,31)/b20-9-. The van der Waals surface area contributed by atoms with Gasteiger partial charge in [0, 0.05) is 0 Å². The van der Waals surface area contributed by atoms with E-state index in [2.05, 4.69) is 13.8 Å². The summed E-state index contributed by atoms with van der Waals surface area (Å²) in [6, 6.07) is 4.85. The molecule has 8 heteroatoms. The lowest BCUT2D eigenvalue weighted by molar-refractivity contribution is -0.146. The quantitative estimate of drug-likeness (QED) is 0.389. The average Bonchev–Trinajstić information content (AvgIpc) is 3.00. The number of benzene rings is 2. The third-order valence-electron chi connectivity index (χ3n) is 5.95. The number of fused-ring (bicyclic) bond motifs is 1. The van der Waals surface area contributed by atoms with Crippen molar-refractivity contribution in [2.24, 2.45) is 5.92 Å². The minimum Gasteiger partial charge on any atom is -0.480 e. The summed E-state index contributed by atoms with van der Waals surface area (Å²) >= 11 is 6.46. The third-order valence-corrected chi connectivity index (χ3v) is 7.28. The number of aryl methyl sites for hydroxylation is 1. The first-order valence-electron chi connectivity index (χ1n) is 10.8. The highest BCUT2D eigenvalue weighted by Gasteiger charge is 2.41. The van der Waals surface area contributed by atoms with Crippen molar-refractivity contribution in [1.29, 1.82) is 0 Å². The maximum atomic E-state index is 13.1. The van der Waals surface area contributed by atoms with Crippen molar-refractivity contribution < 1.29 is 24.9 Å². The fraction of sp³-hybridized carbons (Fsp3) is 0.400. The Balaban J connectivity index is 2.13. The SMILES string of the molecule is Cc1cc2c(C(C)C)c(CO)c(CO)cc2cc1/C=C1\SC(=S)N(C(C(=O)O)C(C)C)C1=O. The molecule has 1 aliphatic heterocycles. The van der Waals surface area contributed by atoms with Crippen molar-refractivity contribution in [1.82, 2.24) is 4.90 Å². The molecule has 0 radical (unpaired) electrons. The summed E-state index contributed by atoms with van der Waals surface area (Å²) in [5.41, 5.74) is 4.18. The summed E-state index contributed by atoms with van der Waals surface area (Å²) in [7, 11) is 0. The van der Waals surface area contributed by atoms with Gasteiger partial charge in [0.2, 0.25) is 0 Å². The Morgan fingerprint density at radius 3 is 2.33 bits per heavy atom. The number of thiocarbonyl (C=S) groups is 1. The normalized spacial score (nSPS) is 16.6. The van der Waals surface area contributed by atoms with Crippen molar-refractivity contribution in [2.75, 3.05) is 0 Å². The molecule has 1 saturated heterocycles. The van der Waals surface area contributed by atoms with Gasteiger partial charge in [-0.2, -0.15) is 0 Å². The number of hydrogen-bond acceptors (Lipinski definition) is 6. The molecule has 2 aromatic carbocycles. The molecule has 176 valence electrons. The van der Waals surface area contributed by atoms with Gasteiger partial charge in [-0.05, 0) is 75.6 Å². The van der Waals surface area contributed by atoms with Crippen LogP contribution < -0.4 is 0 Å². The Labute approximate surface area is 203 Å². The van der Waals surface area contributed by atoms with E-state index in [1.54, 1.807) is 19.9 Å². The molecule has 0 bridgehead atoms. The van der Waals surface area contributed by atoms with Crippen LogP contribution in [0.1, 0.15) is 61.4 Å². The molecule has 3 rings (SSSR count). The highest BCUT2D eigenvalue weighted by Crippen LogP contribution is 2.38. The summed E-state index contributed by atoms with van der Waals surface area (Å²) in [6.45, 7) is 9.22. The molecule has 3 N–H and O–H groups in total. The highest BCUT2D eigenvalue weighted by atomic mass is 32.2. The number of amides is 1. The Kier molecular flexibility index (Phi) is 7.63. The molecule has 1 amide bonds. The van der Waals surface area contributed by atoms with Gasteiger partial charge >= 0.3 is 5.97 Å². The van der Waals surface area contributed by atoms with Crippen LogP contribution in [0.2, 0.25) is 0 Å². The van der Waals surface area contributed by atoms with Crippen LogP contribution >= 0.6 is 24.0 Å². The second-order valence-corrected chi connectivity index (χ2v) is 10.6. The fourth-order valence-electron chi connectivity index (χ4n) is 4.40. The zero-order chi connectivity index (χ0) is 24.6. The van der Waals surface area contributed by atoms with Gasteiger partial charge in [0.15, 0.2) is 0 Å². The van der Waals surface area contributed by atoms with Crippen LogP contribution in [-0.4, -0.2) is 42.5 Å². The van der Waals surface area contributed by atoms with Crippen molar-refractivity contribution in [3.63, 3.8) is 0 Å². The molecule has 6 nitrogen and oxygen atoms in total. The molecule has 1 fully saturated rings. The Morgan fingerprint density at radius 1 is 1.15 bits per heavy atom. The van der Waals surface area contributed by atoms with Crippen LogP contribution in [-0.2, 0) is 22.8 Å². The maximum absolute atomic E-state index is 13.1. The lowest BCUT2D eigenvalue weighted by Crippen LogP contribution is -2.47. The summed E-state index contributed by atoms with van der Waals surface area (Å²) in [5.74, 6) is -1.63. The minimum absolute atomic E-state index is 0.145. The molecule has 0 spiro atoms. The molecule has 1 unspecified atom stereocenters. The molecule has 0 saturated carbocycles. The monoisotopic (exact) mass is 487 g/mol. The van der Waals surface area contributed by atoms with E-state index in [0.29, 0.717) is 10.5 Å². The van der Waals surface area contributed by atoms with Gasteiger partial charge in [-0.3, -0.25) is 9.69 Å². The van der Waals surface area contributed by atoms with Gasteiger partial charge in [-0.1, -0.05) is 57.7 Å². The molecule has 33 heavy (non-hydrogen) atoms. The zero-order valence-electron chi connectivity index (χ0n) is 19.4. The number of carbonyl (C=O) groups is 2. The van der Waals surface area contributed by atoms with Gasteiger partial charge in [0.1, 0.15) is 10.4 Å². The second kappa shape index (κ2) is 9.93. The summed E-state index contributed by atoms with van der Waals surface area (Å²) in [4.78, 5) is 26.4. The molecular weight excluding hydrogens is 458 g/mol. The number of aliphatic hydroxyl groups excluding tert-OH is 2. The molecule has 1 heterocycles. The summed E-state index contributed by atoms with van der Waals surface area (Å²) in [6.07, 6.45) is 1.75. The first kappa shape index (κ1) is 25.4. The van der Waals surface area contributed by atoms with E-state index in [1.807, 2.05) is 25.1 Å². The number of aliphatic hydroxyl groups is 2. The number of carboxylic acids is 1. The average molecular weight is 488 g/mol. The van der Waals surface area contributed by atoms with Crippen LogP contribution in [0, 0.1) is 12.8 Å². The molecule has 0 aromatic heterocycles. The van der Waals surface area contributed by atoms with Crippen LogP contribution in [0.4, 0.5) is 0 Å². The molecule has 1 aliphatic rings. The molecule has 0 aliphatic carbocycles. The highest BCUT2D eigenvalue weighted by molar-refractivity contribution is 8.26. The van der Waals surface area contributed by atoms with Gasteiger partial charge in [-0.25, -0.2) is 4.79 Å². The van der Waals surface area contributed by atoms with Crippen LogP contribution in [0.5, 0.6) is 0 Å². The number of rotatable bonds is 7. The van der Waals surface area contributed by atoms with E-state index in [9.17, 15) is 24.9 Å². The topological polar surface area (TPSA) is 98.1 Å².